The average Bonchev–Trinajstić information content (AvgIpc) is 3.13. The van der Waals surface area contributed by atoms with Gasteiger partial charge in [-0.1, -0.05) is 12.1 Å². The zero-order valence-corrected chi connectivity index (χ0v) is 13.1. The van der Waals surface area contributed by atoms with Crippen LogP contribution in [0.3, 0.4) is 0 Å². The van der Waals surface area contributed by atoms with Crippen LogP contribution < -0.4 is 0 Å². The van der Waals surface area contributed by atoms with Gasteiger partial charge in [-0.2, -0.15) is 5.10 Å². The van der Waals surface area contributed by atoms with E-state index in [2.05, 4.69) is 15.1 Å². The number of hydrogen-bond donors (Lipinski definition) is 2. The first-order chi connectivity index (χ1) is 11.0. The Morgan fingerprint density at radius 1 is 1.52 bits per heavy atom. The fraction of sp³-hybridized carbons (Fsp3) is 0.412. The van der Waals surface area contributed by atoms with E-state index < -0.39 is 5.97 Å². The van der Waals surface area contributed by atoms with Crippen molar-refractivity contribution in [3.63, 3.8) is 0 Å². The van der Waals surface area contributed by atoms with E-state index in [1.807, 2.05) is 12.1 Å². The van der Waals surface area contributed by atoms with Crippen LogP contribution in [0.2, 0.25) is 0 Å². The highest BCUT2D eigenvalue weighted by molar-refractivity contribution is 5.86. The number of aromatic carboxylic acids is 1. The summed E-state index contributed by atoms with van der Waals surface area (Å²) in [5.41, 5.74) is 2.56. The number of rotatable bonds is 5. The molecule has 1 unspecified atom stereocenters. The molecule has 3 rings (SSSR count). The number of hydrogen-bond acceptors (Lipinski definition) is 3. The first-order valence-corrected chi connectivity index (χ1v) is 7.76. The van der Waals surface area contributed by atoms with Gasteiger partial charge >= 0.3 is 5.97 Å². The van der Waals surface area contributed by atoms with E-state index in [1.54, 1.807) is 19.2 Å². The Balaban J connectivity index is 1.59. The van der Waals surface area contributed by atoms with Crippen molar-refractivity contribution < 1.29 is 14.3 Å². The molecule has 1 fully saturated rings. The third kappa shape index (κ3) is 3.59. The van der Waals surface area contributed by atoms with Gasteiger partial charge in [-0.25, -0.2) is 9.18 Å². The van der Waals surface area contributed by atoms with E-state index >= 15 is 0 Å². The van der Waals surface area contributed by atoms with Crippen LogP contribution in [0.4, 0.5) is 4.39 Å². The second kappa shape index (κ2) is 6.50. The molecule has 6 heteroatoms. The first-order valence-electron chi connectivity index (χ1n) is 7.76. The first kappa shape index (κ1) is 15.7. The molecular weight excluding hydrogens is 297 g/mol. The van der Waals surface area contributed by atoms with Crippen LogP contribution in [0.25, 0.3) is 0 Å². The monoisotopic (exact) mass is 317 g/mol. The standard InChI is InChI=1S/C17H20FN3O2/c1-11-2-3-12(7-15(11)18)6-13-4-5-21(9-13)10-14-8-19-20-16(14)17(22)23/h2-3,7-8,13H,4-6,9-10H2,1H3,(H,19,20)(H,22,23). The summed E-state index contributed by atoms with van der Waals surface area (Å²) in [5, 5.41) is 15.4. The minimum absolute atomic E-state index is 0.151. The Bertz CT molecular complexity index is 714. The largest absolute Gasteiger partial charge is 0.477 e. The SMILES string of the molecule is Cc1ccc(CC2CCN(Cc3cn[nH]c3C(=O)O)C2)cc1F. The van der Waals surface area contributed by atoms with E-state index in [0.29, 0.717) is 23.6 Å². The molecule has 1 aliphatic rings. The average molecular weight is 317 g/mol. The zero-order chi connectivity index (χ0) is 16.4. The van der Waals surface area contributed by atoms with Crippen molar-refractivity contribution in [1.29, 1.82) is 0 Å². The van der Waals surface area contributed by atoms with Gasteiger partial charge in [0.1, 0.15) is 11.5 Å². The highest BCUT2D eigenvalue weighted by Gasteiger charge is 2.24. The normalized spacial score (nSPS) is 18.4. The maximum absolute atomic E-state index is 13.6. The number of aromatic nitrogens is 2. The molecule has 0 amide bonds. The molecule has 2 heterocycles. The van der Waals surface area contributed by atoms with Crippen LogP contribution in [-0.2, 0) is 13.0 Å². The van der Waals surface area contributed by atoms with Crippen molar-refractivity contribution in [2.45, 2.75) is 26.3 Å². The number of nitrogens with zero attached hydrogens (tertiary/aromatic N) is 2. The zero-order valence-electron chi connectivity index (χ0n) is 13.1. The second-order valence-electron chi connectivity index (χ2n) is 6.25. The molecule has 0 spiro atoms. The van der Waals surface area contributed by atoms with E-state index in [9.17, 15) is 9.18 Å². The highest BCUT2D eigenvalue weighted by atomic mass is 19.1. The summed E-state index contributed by atoms with van der Waals surface area (Å²) >= 11 is 0. The number of aryl methyl sites for hydroxylation is 1. The highest BCUT2D eigenvalue weighted by Crippen LogP contribution is 2.23. The number of carboxylic acid groups (broad SMARTS) is 1. The molecule has 1 saturated heterocycles. The molecule has 0 bridgehead atoms. The number of carboxylic acids is 1. The van der Waals surface area contributed by atoms with Crippen molar-refractivity contribution in [2.75, 3.05) is 13.1 Å². The van der Waals surface area contributed by atoms with Crippen molar-refractivity contribution >= 4 is 5.97 Å². The van der Waals surface area contributed by atoms with Crippen molar-refractivity contribution in [3.05, 3.63) is 52.6 Å². The van der Waals surface area contributed by atoms with Crippen LogP contribution >= 0.6 is 0 Å². The molecule has 1 aliphatic heterocycles. The Morgan fingerprint density at radius 2 is 2.35 bits per heavy atom. The van der Waals surface area contributed by atoms with Gasteiger partial charge in [0, 0.05) is 18.7 Å². The fourth-order valence-corrected chi connectivity index (χ4v) is 3.18. The summed E-state index contributed by atoms with van der Waals surface area (Å²) < 4.78 is 13.6. The van der Waals surface area contributed by atoms with E-state index in [-0.39, 0.29) is 11.5 Å². The smallest absolute Gasteiger partial charge is 0.354 e. The minimum Gasteiger partial charge on any atom is -0.477 e. The van der Waals surface area contributed by atoms with E-state index in [1.165, 1.54) is 0 Å². The molecule has 1 aromatic carbocycles. The number of likely N-dealkylation sites (tertiary alicyclic amines) is 1. The van der Waals surface area contributed by atoms with Gasteiger partial charge in [0.05, 0.1) is 6.20 Å². The number of H-pyrrole nitrogens is 1. The fourth-order valence-electron chi connectivity index (χ4n) is 3.18. The second-order valence-corrected chi connectivity index (χ2v) is 6.25. The van der Waals surface area contributed by atoms with Crippen LogP contribution in [0.1, 0.15) is 33.6 Å². The molecule has 5 nitrogen and oxygen atoms in total. The molecular formula is C17H20FN3O2. The minimum atomic E-state index is -0.983. The number of halogens is 1. The maximum atomic E-state index is 13.6. The predicted molar refractivity (Wildman–Crippen MR) is 83.8 cm³/mol. The summed E-state index contributed by atoms with van der Waals surface area (Å²) in [6.45, 7) is 4.15. The molecule has 1 atom stereocenters. The van der Waals surface area contributed by atoms with Crippen LogP contribution in [0.5, 0.6) is 0 Å². The molecule has 23 heavy (non-hydrogen) atoms. The summed E-state index contributed by atoms with van der Waals surface area (Å²) in [5.74, 6) is -0.664. The van der Waals surface area contributed by atoms with Gasteiger partial charge in [-0.05, 0) is 49.4 Å². The Kier molecular flexibility index (Phi) is 4.43. The van der Waals surface area contributed by atoms with Gasteiger partial charge in [-0.15, -0.1) is 0 Å². The number of carbonyl (C=O) groups is 1. The van der Waals surface area contributed by atoms with Gasteiger partial charge < -0.3 is 5.11 Å². The molecule has 122 valence electrons. The summed E-state index contributed by atoms with van der Waals surface area (Å²) in [6, 6.07) is 5.43. The Hall–Kier alpha value is -2.21. The lowest BCUT2D eigenvalue weighted by molar-refractivity contribution is 0.0688. The Morgan fingerprint density at radius 3 is 3.09 bits per heavy atom. The van der Waals surface area contributed by atoms with Gasteiger partial charge in [0.2, 0.25) is 0 Å². The lowest BCUT2D eigenvalue weighted by Crippen LogP contribution is -2.21. The van der Waals surface area contributed by atoms with Gasteiger partial charge in [0.15, 0.2) is 0 Å². The maximum Gasteiger partial charge on any atom is 0.354 e. The lowest BCUT2D eigenvalue weighted by atomic mass is 9.98. The van der Waals surface area contributed by atoms with Crippen molar-refractivity contribution in [2.24, 2.45) is 5.92 Å². The molecule has 2 N–H and O–H groups in total. The molecule has 2 aromatic rings. The summed E-state index contributed by atoms with van der Waals surface area (Å²) in [6.07, 6.45) is 3.47. The lowest BCUT2D eigenvalue weighted by Gasteiger charge is -2.15. The van der Waals surface area contributed by atoms with Crippen molar-refractivity contribution in [3.8, 4) is 0 Å². The quantitative estimate of drug-likeness (QED) is 0.889. The van der Waals surface area contributed by atoms with Crippen molar-refractivity contribution in [1.82, 2.24) is 15.1 Å². The third-order valence-electron chi connectivity index (χ3n) is 4.46. The van der Waals surface area contributed by atoms with Crippen LogP contribution in [0, 0.1) is 18.7 Å². The van der Waals surface area contributed by atoms with Crippen LogP contribution in [-0.4, -0.2) is 39.3 Å². The topological polar surface area (TPSA) is 69.2 Å². The van der Waals surface area contributed by atoms with E-state index in [0.717, 1.165) is 31.5 Å². The number of aromatic amines is 1. The Labute approximate surface area is 134 Å². The van der Waals surface area contributed by atoms with Gasteiger partial charge in [-0.3, -0.25) is 10.00 Å². The van der Waals surface area contributed by atoms with Gasteiger partial charge in [0.25, 0.3) is 0 Å². The molecule has 0 saturated carbocycles. The number of benzene rings is 1. The predicted octanol–water partition coefficient (Wildman–Crippen LogP) is 2.62. The third-order valence-corrected chi connectivity index (χ3v) is 4.46. The number of nitrogens with one attached hydrogen (secondary N) is 1. The van der Waals surface area contributed by atoms with E-state index in [4.69, 9.17) is 5.11 Å². The van der Waals surface area contributed by atoms with Crippen LogP contribution in [0.15, 0.2) is 24.4 Å². The molecule has 1 aromatic heterocycles. The summed E-state index contributed by atoms with van der Waals surface area (Å²) in [7, 11) is 0. The summed E-state index contributed by atoms with van der Waals surface area (Å²) in [4.78, 5) is 13.3. The molecule has 0 aliphatic carbocycles. The molecule has 0 radical (unpaired) electrons.